The molecule has 12 heavy (non-hydrogen) atoms. The molecular formula is C4H3NNaO6+. The fraction of sp³-hybridized carbons (Fsp3) is 0.250. The summed E-state index contributed by atoms with van der Waals surface area (Å²) in [6.07, 6.45) is -0.387. The van der Waals surface area contributed by atoms with Gasteiger partial charge >= 0.3 is 41.6 Å². The summed E-state index contributed by atoms with van der Waals surface area (Å²) < 4.78 is 0. The predicted molar refractivity (Wildman–Crippen MR) is 29.5 cm³/mol. The van der Waals surface area contributed by atoms with Crippen LogP contribution in [0.3, 0.4) is 0 Å². The Morgan fingerprint density at radius 3 is 2.00 bits per heavy atom. The first-order valence-corrected chi connectivity index (χ1v) is 2.36. The molecule has 0 saturated carbocycles. The van der Waals surface area contributed by atoms with E-state index in [-0.39, 0.29) is 35.8 Å². The Bertz CT molecular complexity index is 212. The van der Waals surface area contributed by atoms with Crippen LogP contribution in [0.1, 0.15) is 0 Å². The molecular weight excluding hydrogens is 181 g/mol. The quantitative estimate of drug-likeness (QED) is 0.117. The summed E-state index contributed by atoms with van der Waals surface area (Å²) in [5, 5.41) is 17.8. The molecule has 0 heterocycles. The number of rotatable bonds is 4. The second kappa shape index (κ2) is 5.81. The van der Waals surface area contributed by atoms with Crippen LogP contribution in [0, 0.1) is 10.1 Å². The minimum atomic E-state index is -2.47. The van der Waals surface area contributed by atoms with Crippen LogP contribution >= 0.6 is 0 Å². The molecule has 1 N–H and O–H groups in total. The van der Waals surface area contributed by atoms with Gasteiger partial charge in [-0.3, -0.25) is 19.7 Å². The Kier molecular flexibility index (Phi) is 6.67. The molecule has 0 saturated heterocycles. The largest absolute Gasteiger partial charge is 1.00 e. The third-order valence-electron chi connectivity index (χ3n) is 0.830. The number of carboxylic acids is 1. The first-order valence-electron chi connectivity index (χ1n) is 2.36. The fourth-order valence-corrected chi connectivity index (χ4v) is 0.380. The Morgan fingerprint density at radius 2 is 1.92 bits per heavy atom. The molecule has 0 aromatic heterocycles. The van der Waals surface area contributed by atoms with Crippen molar-refractivity contribution in [3.05, 3.63) is 10.1 Å². The molecule has 0 rings (SSSR count). The molecule has 0 bridgehead atoms. The minimum absolute atomic E-state index is 0. The summed E-state index contributed by atoms with van der Waals surface area (Å²) in [6.45, 7) is 0. The van der Waals surface area contributed by atoms with E-state index in [1.165, 1.54) is 0 Å². The third kappa shape index (κ3) is 3.56. The van der Waals surface area contributed by atoms with Gasteiger partial charge in [-0.15, -0.1) is 0 Å². The molecule has 0 fully saturated rings. The number of hydrogen-bond donors (Lipinski definition) is 1. The summed E-state index contributed by atoms with van der Waals surface area (Å²) in [6, 6.07) is -2.47. The number of carbonyl (C=O) groups excluding carboxylic acids is 2. The van der Waals surface area contributed by atoms with Crippen molar-refractivity contribution in [3.8, 4) is 0 Å². The number of ketones is 1. The maximum atomic E-state index is 10.2. The van der Waals surface area contributed by atoms with Crippen LogP contribution in [0.5, 0.6) is 0 Å². The van der Waals surface area contributed by atoms with Gasteiger partial charge in [-0.2, -0.15) is 0 Å². The van der Waals surface area contributed by atoms with Crippen LogP contribution < -0.4 is 29.6 Å². The Morgan fingerprint density at radius 1 is 1.50 bits per heavy atom. The van der Waals surface area contributed by atoms with Gasteiger partial charge in [0, 0.05) is 4.92 Å². The van der Waals surface area contributed by atoms with Gasteiger partial charge in [-0.1, -0.05) is 0 Å². The van der Waals surface area contributed by atoms with Crippen LogP contribution in [-0.4, -0.2) is 34.1 Å². The van der Waals surface area contributed by atoms with E-state index in [2.05, 4.69) is 0 Å². The van der Waals surface area contributed by atoms with E-state index in [0.717, 1.165) is 0 Å². The zero-order valence-electron chi connectivity index (χ0n) is 6.09. The molecule has 0 aromatic carbocycles. The fourth-order valence-electron chi connectivity index (χ4n) is 0.380. The average Bonchev–Trinajstić information content (AvgIpc) is 1.85. The van der Waals surface area contributed by atoms with Crippen molar-refractivity contribution in [2.24, 2.45) is 0 Å². The van der Waals surface area contributed by atoms with Crippen molar-refractivity contribution in [2.75, 3.05) is 0 Å². The molecule has 8 heteroatoms. The van der Waals surface area contributed by atoms with Crippen LogP contribution in [-0.2, 0) is 14.4 Å². The van der Waals surface area contributed by atoms with Gasteiger partial charge in [0.25, 0.3) is 5.78 Å². The number of Topliss-reactive ketones (excluding diaryl/α,β-unsaturated/α-hetero) is 1. The van der Waals surface area contributed by atoms with Gasteiger partial charge in [0.05, 0.1) is 0 Å². The molecule has 0 aliphatic carbocycles. The van der Waals surface area contributed by atoms with Crippen molar-refractivity contribution in [1.29, 1.82) is 0 Å². The standard InChI is InChI=1S/C4H3NO6.Na/c6-1-2(7)3(4(8)9)5(10)11;/h1,3H,(H,8,9);/q;+1. The van der Waals surface area contributed by atoms with Gasteiger partial charge in [0.1, 0.15) is 0 Å². The summed E-state index contributed by atoms with van der Waals surface area (Å²) in [7, 11) is 0. The second-order valence-electron chi connectivity index (χ2n) is 1.55. The molecule has 7 nitrogen and oxygen atoms in total. The van der Waals surface area contributed by atoms with E-state index in [4.69, 9.17) is 5.11 Å². The average molecular weight is 184 g/mol. The van der Waals surface area contributed by atoms with Crippen LogP contribution in [0.4, 0.5) is 0 Å². The zero-order chi connectivity index (χ0) is 9.02. The van der Waals surface area contributed by atoms with Crippen molar-refractivity contribution in [2.45, 2.75) is 6.04 Å². The molecule has 0 spiro atoms. The first-order chi connectivity index (χ1) is 5.00. The maximum Gasteiger partial charge on any atom is 1.00 e. The number of aliphatic carboxylic acids is 1. The van der Waals surface area contributed by atoms with E-state index >= 15 is 0 Å². The molecule has 0 radical (unpaired) electrons. The number of nitrogens with zero attached hydrogens (tertiary/aromatic N) is 1. The Hall–Kier alpha value is -0.790. The number of aldehydes is 1. The van der Waals surface area contributed by atoms with Gasteiger partial charge in [-0.05, 0) is 0 Å². The molecule has 0 aliphatic rings. The van der Waals surface area contributed by atoms with E-state index in [0.29, 0.717) is 0 Å². The number of carboxylic acid groups (broad SMARTS) is 1. The van der Waals surface area contributed by atoms with Gasteiger partial charge in [-0.25, -0.2) is 4.79 Å². The SMILES string of the molecule is O=CC(=O)C(C(=O)O)[N+](=O)[O-].[Na+]. The summed E-state index contributed by atoms with van der Waals surface area (Å²) in [5.74, 6) is -3.51. The molecule has 0 aromatic rings. The van der Waals surface area contributed by atoms with E-state index in [9.17, 15) is 24.5 Å². The topological polar surface area (TPSA) is 115 Å². The van der Waals surface area contributed by atoms with Crippen LogP contribution in [0.15, 0.2) is 0 Å². The predicted octanol–water partition coefficient (Wildman–Crippen LogP) is -4.51. The summed E-state index contributed by atoms with van der Waals surface area (Å²) in [4.78, 5) is 38.2. The first kappa shape index (κ1) is 13.8. The van der Waals surface area contributed by atoms with E-state index in [1.807, 2.05) is 0 Å². The van der Waals surface area contributed by atoms with Crippen LogP contribution in [0.2, 0.25) is 0 Å². The smallest absolute Gasteiger partial charge is 0.476 e. The van der Waals surface area contributed by atoms with Crippen LogP contribution in [0.25, 0.3) is 0 Å². The third-order valence-corrected chi connectivity index (χ3v) is 0.830. The van der Waals surface area contributed by atoms with Gasteiger partial charge in [0.15, 0.2) is 6.29 Å². The maximum absolute atomic E-state index is 10.2. The molecule has 60 valence electrons. The number of carbonyl (C=O) groups is 3. The Balaban J connectivity index is 0. The van der Waals surface area contributed by atoms with E-state index < -0.39 is 22.7 Å². The van der Waals surface area contributed by atoms with E-state index in [1.54, 1.807) is 0 Å². The summed E-state index contributed by atoms with van der Waals surface area (Å²) in [5.41, 5.74) is 0. The van der Waals surface area contributed by atoms with Gasteiger partial charge < -0.3 is 5.11 Å². The van der Waals surface area contributed by atoms with Crippen molar-refractivity contribution >= 4 is 18.0 Å². The monoisotopic (exact) mass is 184 g/mol. The summed E-state index contributed by atoms with van der Waals surface area (Å²) >= 11 is 0. The van der Waals surface area contributed by atoms with Crippen molar-refractivity contribution < 1.29 is 54.0 Å². The number of hydrogen-bond acceptors (Lipinski definition) is 5. The zero-order valence-corrected chi connectivity index (χ0v) is 8.09. The Labute approximate surface area is 88.2 Å². The van der Waals surface area contributed by atoms with Crippen molar-refractivity contribution in [3.63, 3.8) is 0 Å². The second-order valence-corrected chi connectivity index (χ2v) is 1.55. The molecule has 1 unspecified atom stereocenters. The molecule has 0 amide bonds. The number of nitro groups is 1. The normalized spacial score (nSPS) is 10.7. The molecule has 1 atom stereocenters. The van der Waals surface area contributed by atoms with Crippen molar-refractivity contribution in [1.82, 2.24) is 0 Å². The van der Waals surface area contributed by atoms with Gasteiger partial charge in [0.2, 0.25) is 0 Å². The minimum Gasteiger partial charge on any atom is -0.476 e. The molecule has 0 aliphatic heterocycles.